The first-order valence-corrected chi connectivity index (χ1v) is 7.66. The van der Waals surface area contributed by atoms with Crippen LogP contribution in [0.5, 0.6) is 0 Å². The molecule has 0 fully saturated rings. The summed E-state index contributed by atoms with van der Waals surface area (Å²) in [5, 5.41) is 3.73. The number of nitrogens with one attached hydrogen (secondary N) is 1. The number of carbonyl (C=O) groups is 1. The van der Waals surface area contributed by atoms with E-state index in [0.717, 1.165) is 13.0 Å². The third kappa shape index (κ3) is 5.86. The van der Waals surface area contributed by atoms with E-state index < -0.39 is 0 Å². The second kappa shape index (κ2) is 8.81. The molecule has 7 nitrogen and oxygen atoms in total. The molecular formula is C13H25N5O2S. The molecule has 1 amide bonds. The molecule has 0 aromatic carbocycles. The quantitative estimate of drug-likeness (QED) is 0.656. The normalized spacial score (nSPS) is 10.9. The van der Waals surface area contributed by atoms with Crippen molar-refractivity contribution >= 4 is 28.2 Å². The fraction of sp³-hybridized carbons (Fsp3) is 0.692. The number of rotatable bonds is 9. The van der Waals surface area contributed by atoms with Crippen LogP contribution in [0.3, 0.4) is 0 Å². The molecule has 120 valence electrons. The maximum absolute atomic E-state index is 12.3. The molecule has 0 unspecified atom stereocenters. The van der Waals surface area contributed by atoms with Gasteiger partial charge in [-0.2, -0.15) is 0 Å². The Morgan fingerprint density at radius 1 is 1.38 bits per heavy atom. The predicted molar refractivity (Wildman–Crippen MR) is 87.0 cm³/mol. The van der Waals surface area contributed by atoms with Gasteiger partial charge in [0.25, 0.3) is 5.91 Å². The highest BCUT2D eigenvalue weighted by molar-refractivity contribution is 7.18. The minimum atomic E-state index is -0.0800. The van der Waals surface area contributed by atoms with Crippen LogP contribution in [0.4, 0.5) is 10.9 Å². The number of aromatic nitrogens is 1. The third-order valence-electron chi connectivity index (χ3n) is 2.88. The standard InChI is InChI=1S/C13H25N5O2S/c1-17(2)7-5-8-18(3)12(19)10-11(14)16-13(21-10)15-6-9-20-4/h5-9,14H2,1-4H3,(H,15,16). The van der Waals surface area contributed by atoms with Crippen LogP contribution in [0.15, 0.2) is 0 Å². The average Bonchev–Trinajstić information content (AvgIpc) is 2.78. The van der Waals surface area contributed by atoms with Crippen LogP contribution in [0.1, 0.15) is 16.1 Å². The summed E-state index contributed by atoms with van der Waals surface area (Å²) in [6, 6.07) is 0. The van der Waals surface area contributed by atoms with Crippen molar-refractivity contribution < 1.29 is 9.53 Å². The van der Waals surface area contributed by atoms with Crippen molar-refractivity contribution in [3.63, 3.8) is 0 Å². The minimum Gasteiger partial charge on any atom is -0.383 e. The molecule has 8 heteroatoms. The van der Waals surface area contributed by atoms with E-state index in [1.165, 1.54) is 11.3 Å². The molecule has 0 aliphatic heterocycles. The summed E-state index contributed by atoms with van der Waals surface area (Å²) in [7, 11) is 7.45. The van der Waals surface area contributed by atoms with E-state index in [1.54, 1.807) is 19.1 Å². The van der Waals surface area contributed by atoms with E-state index in [9.17, 15) is 4.79 Å². The smallest absolute Gasteiger partial charge is 0.267 e. The lowest BCUT2D eigenvalue weighted by atomic mass is 10.3. The molecule has 1 aromatic rings. The Labute approximate surface area is 130 Å². The van der Waals surface area contributed by atoms with Crippen molar-refractivity contribution in [2.45, 2.75) is 6.42 Å². The number of nitrogens with two attached hydrogens (primary N) is 1. The lowest BCUT2D eigenvalue weighted by Crippen LogP contribution is -2.29. The number of ether oxygens (including phenoxy) is 1. The van der Waals surface area contributed by atoms with Gasteiger partial charge in [0, 0.05) is 27.2 Å². The third-order valence-corrected chi connectivity index (χ3v) is 3.89. The Morgan fingerprint density at radius 3 is 2.71 bits per heavy atom. The van der Waals surface area contributed by atoms with E-state index in [0.29, 0.717) is 29.7 Å². The molecular weight excluding hydrogens is 290 g/mol. The number of thiazole rings is 1. The van der Waals surface area contributed by atoms with Crippen LogP contribution < -0.4 is 11.1 Å². The van der Waals surface area contributed by atoms with Crippen molar-refractivity contribution in [3.05, 3.63) is 4.88 Å². The molecule has 1 heterocycles. The van der Waals surface area contributed by atoms with Gasteiger partial charge in [-0.25, -0.2) is 4.98 Å². The van der Waals surface area contributed by atoms with Gasteiger partial charge in [0.15, 0.2) is 5.13 Å². The number of carbonyl (C=O) groups excluding carboxylic acids is 1. The zero-order valence-electron chi connectivity index (χ0n) is 13.2. The zero-order chi connectivity index (χ0) is 15.8. The second-order valence-corrected chi connectivity index (χ2v) is 6.04. The molecule has 0 saturated carbocycles. The number of hydrogen-bond donors (Lipinski definition) is 2. The van der Waals surface area contributed by atoms with Crippen LogP contribution in [-0.4, -0.2) is 75.2 Å². The van der Waals surface area contributed by atoms with Crippen molar-refractivity contribution in [1.82, 2.24) is 14.8 Å². The van der Waals surface area contributed by atoms with Crippen molar-refractivity contribution in [2.75, 3.05) is 65.5 Å². The highest BCUT2D eigenvalue weighted by atomic mass is 32.1. The molecule has 1 rings (SSSR count). The highest BCUT2D eigenvalue weighted by Crippen LogP contribution is 2.25. The van der Waals surface area contributed by atoms with Gasteiger partial charge in [-0.05, 0) is 27.1 Å². The largest absolute Gasteiger partial charge is 0.383 e. The first-order chi connectivity index (χ1) is 9.95. The van der Waals surface area contributed by atoms with E-state index >= 15 is 0 Å². The monoisotopic (exact) mass is 315 g/mol. The minimum absolute atomic E-state index is 0.0800. The first-order valence-electron chi connectivity index (χ1n) is 6.85. The Morgan fingerprint density at radius 2 is 2.10 bits per heavy atom. The van der Waals surface area contributed by atoms with Crippen LogP contribution in [0.25, 0.3) is 0 Å². The molecule has 0 bridgehead atoms. The lowest BCUT2D eigenvalue weighted by Gasteiger charge is -2.17. The Hall–Kier alpha value is -1.38. The van der Waals surface area contributed by atoms with Gasteiger partial charge in [-0.3, -0.25) is 4.79 Å². The topological polar surface area (TPSA) is 83.7 Å². The number of anilines is 2. The molecule has 3 N–H and O–H groups in total. The molecule has 0 spiro atoms. The molecule has 21 heavy (non-hydrogen) atoms. The van der Waals surface area contributed by atoms with Crippen molar-refractivity contribution in [3.8, 4) is 0 Å². The number of nitrogens with zero attached hydrogens (tertiary/aromatic N) is 3. The molecule has 0 aliphatic carbocycles. The van der Waals surface area contributed by atoms with Gasteiger partial charge in [0.1, 0.15) is 10.7 Å². The van der Waals surface area contributed by atoms with E-state index in [4.69, 9.17) is 10.5 Å². The molecule has 0 radical (unpaired) electrons. The Bertz CT molecular complexity index is 450. The van der Waals surface area contributed by atoms with Crippen LogP contribution >= 0.6 is 11.3 Å². The summed E-state index contributed by atoms with van der Waals surface area (Å²) >= 11 is 1.28. The summed E-state index contributed by atoms with van der Waals surface area (Å²) in [4.78, 5) is 20.8. The lowest BCUT2D eigenvalue weighted by molar-refractivity contribution is 0.0796. The summed E-state index contributed by atoms with van der Waals surface area (Å²) < 4.78 is 4.95. The number of methoxy groups -OCH3 is 1. The fourth-order valence-electron chi connectivity index (χ4n) is 1.72. The number of amides is 1. The maximum Gasteiger partial charge on any atom is 0.267 e. The zero-order valence-corrected chi connectivity index (χ0v) is 14.0. The summed E-state index contributed by atoms with van der Waals surface area (Å²) in [5.41, 5.74) is 5.83. The summed E-state index contributed by atoms with van der Waals surface area (Å²) in [6.07, 6.45) is 0.924. The van der Waals surface area contributed by atoms with Crippen molar-refractivity contribution in [1.29, 1.82) is 0 Å². The average molecular weight is 315 g/mol. The van der Waals surface area contributed by atoms with Gasteiger partial charge in [-0.1, -0.05) is 11.3 Å². The number of nitrogen functional groups attached to an aromatic ring is 1. The fourth-order valence-corrected chi connectivity index (χ4v) is 2.62. The molecule has 0 aliphatic rings. The van der Waals surface area contributed by atoms with Gasteiger partial charge >= 0.3 is 0 Å². The molecule has 0 atom stereocenters. The summed E-state index contributed by atoms with van der Waals surface area (Å²) in [5.74, 6) is 0.202. The second-order valence-electron chi connectivity index (χ2n) is 5.04. The van der Waals surface area contributed by atoms with Gasteiger partial charge < -0.3 is 25.6 Å². The number of hydrogen-bond acceptors (Lipinski definition) is 7. The van der Waals surface area contributed by atoms with Crippen LogP contribution in [0.2, 0.25) is 0 Å². The Kier molecular flexibility index (Phi) is 7.41. The van der Waals surface area contributed by atoms with Gasteiger partial charge in [-0.15, -0.1) is 0 Å². The predicted octanol–water partition coefficient (Wildman–Crippen LogP) is 0.807. The van der Waals surface area contributed by atoms with Gasteiger partial charge in [0.2, 0.25) is 0 Å². The van der Waals surface area contributed by atoms with Gasteiger partial charge in [0.05, 0.1) is 6.61 Å². The highest BCUT2D eigenvalue weighted by Gasteiger charge is 2.19. The molecule has 1 aromatic heterocycles. The van der Waals surface area contributed by atoms with E-state index in [1.807, 2.05) is 14.1 Å². The summed E-state index contributed by atoms with van der Waals surface area (Å²) in [6.45, 7) is 2.85. The Balaban J connectivity index is 2.56. The first kappa shape index (κ1) is 17.7. The van der Waals surface area contributed by atoms with E-state index in [2.05, 4.69) is 15.2 Å². The van der Waals surface area contributed by atoms with Crippen LogP contribution in [-0.2, 0) is 4.74 Å². The maximum atomic E-state index is 12.3. The SMILES string of the molecule is COCCNc1nc(N)c(C(=O)N(C)CCCN(C)C)s1. The van der Waals surface area contributed by atoms with Crippen molar-refractivity contribution in [2.24, 2.45) is 0 Å². The van der Waals surface area contributed by atoms with E-state index in [-0.39, 0.29) is 11.7 Å². The molecule has 0 saturated heterocycles. The van der Waals surface area contributed by atoms with Crippen LogP contribution in [0, 0.1) is 0 Å².